The lowest BCUT2D eigenvalue weighted by Crippen LogP contribution is -2.30. The molecule has 0 fully saturated rings. The van der Waals surface area contributed by atoms with Gasteiger partial charge in [0.05, 0.1) is 18.5 Å². The van der Waals surface area contributed by atoms with Gasteiger partial charge in [-0.2, -0.15) is 11.8 Å². The van der Waals surface area contributed by atoms with Gasteiger partial charge in [-0.3, -0.25) is 9.10 Å². The molecule has 0 radical (unpaired) electrons. The summed E-state index contributed by atoms with van der Waals surface area (Å²) in [5, 5.41) is 3.59. The summed E-state index contributed by atoms with van der Waals surface area (Å²) in [7, 11) is -3.41. The Labute approximate surface area is 175 Å². The lowest BCUT2D eigenvalue weighted by molar-refractivity contribution is 0.0956. The molecule has 0 aliphatic carbocycles. The number of benzene rings is 2. The molecule has 0 saturated heterocycles. The fraction of sp³-hybridized carbons (Fsp3) is 0.250. The minimum absolute atomic E-state index is 0.175. The number of anilines is 1. The van der Waals surface area contributed by atoms with E-state index in [1.54, 1.807) is 36.0 Å². The van der Waals surface area contributed by atoms with Crippen molar-refractivity contribution in [3.05, 3.63) is 77.3 Å². The molecule has 0 atom stereocenters. The second-order valence-electron chi connectivity index (χ2n) is 6.07. The van der Waals surface area contributed by atoms with Crippen molar-refractivity contribution in [2.75, 3.05) is 29.4 Å². The second-order valence-corrected chi connectivity index (χ2v) is 9.52. The summed E-state index contributed by atoms with van der Waals surface area (Å²) < 4.78 is 24.9. The van der Waals surface area contributed by atoms with Crippen molar-refractivity contribution in [3.8, 4) is 0 Å². The van der Waals surface area contributed by atoms with Crippen molar-refractivity contribution in [1.82, 2.24) is 5.32 Å². The van der Waals surface area contributed by atoms with Crippen LogP contribution in [0.1, 0.15) is 15.9 Å². The zero-order valence-electron chi connectivity index (χ0n) is 15.6. The van der Waals surface area contributed by atoms with Crippen LogP contribution in [0.2, 0.25) is 5.02 Å². The third kappa shape index (κ3) is 6.89. The first-order valence-corrected chi connectivity index (χ1v) is 12.0. The minimum atomic E-state index is -3.41. The molecule has 150 valence electrons. The van der Waals surface area contributed by atoms with Crippen LogP contribution >= 0.6 is 23.4 Å². The molecule has 2 rings (SSSR count). The molecule has 0 unspecified atom stereocenters. The van der Waals surface area contributed by atoms with Gasteiger partial charge in [0.1, 0.15) is 0 Å². The zero-order valence-corrected chi connectivity index (χ0v) is 18.0. The molecule has 8 heteroatoms. The van der Waals surface area contributed by atoms with Crippen LogP contribution in [0.3, 0.4) is 0 Å². The van der Waals surface area contributed by atoms with Gasteiger partial charge in [-0.25, -0.2) is 8.42 Å². The van der Waals surface area contributed by atoms with E-state index in [0.29, 0.717) is 17.8 Å². The van der Waals surface area contributed by atoms with Gasteiger partial charge in [0, 0.05) is 28.6 Å². The van der Waals surface area contributed by atoms with Crippen molar-refractivity contribution in [3.63, 3.8) is 0 Å². The first-order valence-electron chi connectivity index (χ1n) is 8.60. The van der Waals surface area contributed by atoms with Gasteiger partial charge in [0.25, 0.3) is 5.91 Å². The van der Waals surface area contributed by atoms with Gasteiger partial charge in [-0.15, -0.1) is 6.58 Å². The Morgan fingerprint density at radius 1 is 1.25 bits per heavy atom. The molecule has 1 N–H and O–H groups in total. The van der Waals surface area contributed by atoms with Crippen LogP contribution in [-0.4, -0.2) is 39.4 Å². The Morgan fingerprint density at radius 3 is 2.57 bits per heavy atom. The molecular weight excluding hydrogens is 416 g/mol. The molecule has 0 saturated carbocycles. The summed E-state index contributed by atoms with van der Waals surface area (Å²) in [4.78, 5) is 12.2. The van der Waals surface area contributed by atoms with Crippen LogP contribution in [0.5, 0.6) is 0 Å². The number of sulfonamides is 1. The summed E-state index contributed by atoms with van der Waals surface area (Å²) in [6.07, 6.45) is 2.65. The molecule has 0 spiro atoms. The summed E-state index contributed by atoms with van der Waals surface area (Å²) in [5.74, 6) is 1.41. The number of thioether (sulfide) groups is 1. The summed E-state index contributed by atoms with van der Waals surface area (Å²) in [6.45, 7) is 4.29. The first kappa shape index (κ1) is 22.3. The lowest BCUT2D eigenvalue weighted by atomic mass is 10.2. The van der Waals surface area contributed by atoms with Crippen LogP contribution in [0.4, 0.5) is 5.69 Å². The fourth-order valence-electron chi connectivity index (χ4n) is 2.48. The topological polar surface area (TPSA) is 66.5 Å². The van der Waals surface area contributed by atoms with E-state index in [1.807, 2.05) is 24.3 Å². The summed E-state index contributed by atoms with van der Waals surface area (Å²) in [6, 6.07) is 14.2. The molecule has 2 aromatic rings. The predicted octanol–water partition coefficient (Wildman–Crippen LogP) is 3.96. The highest BCUT2D eigenvalue weighted by Gasteiger charge is 2.16. The second kappa shape index (κ2) is 10.5. The Kier molecular flexibility index (Phi) is 8.41. The maximum Gasteiger partial charge on any atom is 0.251 e. The van der Waals surface area contributed by atoms with Crippen molar-refractivity contribution in [2.45, 2.75) is 5.75 Å². The van der Waals surface area contributed by atoms with E-state index in [1.165, 1.54) is 10.4 Å². The number of carbonyl (C=O) groups is 1. The number of hydrogen-bond acceptors (Lipinski definition) is 4. The number of rotatable bonds is 10. The average molecular weight is 439 g/mol. The van der Waals surface area contributed by atoms with Gasteiger partial charge < -0.3 is 5.32 Å². The van der Waals surface area contributed by atoms with E-state index < -0.39 is 10.0 Å². The maximum absolute atomic E-state index is 12.2. The zero-order chi connectivity index (χ0) is 20.6. The van der Waals surface area contributed by atoms with E-state index in [2.05, 4.69) is 11.9 Å². The van der Waals surface area contributed by atoms with Crippen LogP contribution < -0.4 is 9.62 Å². The standard InChI is InChI=1S/C20H23ClN2O3S2/c1-3-12-23(28(2,25)26)19-9-7-17(8-10-19)20(24)22-11-13-27-15-16-5-4-6-18(21)14-16/h3-10,14H,1,11-13,15H2,2H3,(H,22,24). The van der Waals surface area contributed by atoms with Crippen LogP contribution in [0.25, 0.3) is 0 Å². The molecule has 0 heterocycles. The van der Waals surface area contributed by atoms with Gasteiger partial charge >= 0.3 is 0 Å². The quantitative estimate of drug-likeness (QED) is 0.450. The van der Waals surface area contributed by atoms with Gasteiger partial charge in [-0.1, -0.05) is 29.8 Å². The normalized spacial score (nSPS) is 11.1. The molecule has 0 aromatic heterocycles. The largest absolute Gasteiger partial charge is 0.351 e. The van der Waals surface area contributed by atoms with Gasteiger partial charge in [0.15, 0.2) is 0 Å². The summed E-state index contributed by atoms with van der Waals surface area (Å²) >= 11 is 7.67. The number of halogens is 1. The highest BCUT2D eigenvalue weighted by molar-refractivity contribution is 7.98. The van der Waals surface area contributed by atoms with Crippen LogP contribution in [0.15, 0.2) is 61.2 Å². The van der Waals surface area contributed by atoms with E-state index in [-0.39, 0.29) is 12.5 Å². The molecule has 28 heavy (non-hydrogen) atoms. The van der Waals surface area contributed by atoms with E-state index in [9.17, 15) is 13.2 Å². The predicted molar refractivity (Wildman–Crippen MR) is 119 cm³/mol. The highest BCUT2D eigenvalue weighted by Crippen LogP contribution is 2.19. The number of carbonyl (C=O) groups excluding carboxylic acids is 1. The fourth-order valence-corrected chi connectivity index (χ4v) is 4.38. The monoisotopic (exact) mass is 438 g/mol. The molecule has 5 nitrogen and oxygen atoms in total. The number of nitrogens with zero attached hydrogens (tertiary/aromatic N) is 1. The molecule has 1 amide bonds. The third-order valence-electron chi connectivity index (χ3n) is 3.80. The van der Waals surface area contributed by atoms with E-state index in [4.69, 9.17) is 11.6 Å². The number of nitrogens with one attached hydrogen (secondary N) is 1. The number of amides is 1. The van der Waals surface area contributed by atoms with Crippen molar-refractivity contribution in [2.24, 2.45) is 0 Å². The van der Waals surface area contributed by atoms with Crippen LogP contribution in [0, 0.1) is 0 Å². The van der Waals surface area contributed by atoms with E-state index in [0.717, 1.165) is 28.3 Å². The molecular formula is C20H23ClN2O3S2. The van der Waals surface area contributed by atoms with E-state index >= 15 is 0 Å². The highest BCUT2D eigenvalue weighted by atomic mass is 35.5. The smallest absolute Gasteiger partial charge is 0.251 e. The van der Waals surface area contributed by atoms with Gasteiger partial charge in [-0.05, 0) is 42.0 Å². The summed E-state index contributed by atoms with van der Waals surface area (Å²) in [5.41, 5.74) is 2.13. The van der Waals surface area contributed by atoms with Crippen molar-refractivity contribution < 1.29 is 13.2 Å². The van der Waals surface area contributed by atoms with Crippen molar-refractivity contribution in [1.29, 1.82) is 0 Å². The Balaban J connectivity index is 1.83. The SMILES string of the molecule is C=CCN(c1ccc(C(=O)NCCSCc2cccc(Cl)c2)cc1)S(C)(=O)=O. The Morgan fingerprint density at radius 2 is 1.96 bits per heavy atom. The van der Waals surface area contributed by atoms with Crippen LogP contribution in [-0.2, 0) is 15.8 Å². The maximum atomic E-state index is 12.2. The molecule has 0 aliphatic rings. The molecule has 0 bridgehead atoms. The third-order valence-corrected chi connectivity index (χ3v) is 6.23. The van der Waals surface area contributed by atoms with Crippen molar-refractivity contribution >= 4 is 45.0 Å². The average Bonchev–Trinajstić information content (AvgIpc) is 2.65. The Bertz CT molecular complexity index is 915. The number of hydrogen-bond donors (Lipinski definition) is 1. The molecule has 2 aromatic carbocycles. The first-order chi connectivity index (χ1) is 13.3. The molecule has 0 aliphatic heterocycles. The van der Waals surface area contributed by atoms with Gasteiger partial charge in [0.2, 0.25) is 10.0 Å². The minimum Gasteiger partial charge on any atom is -0.351 e. The lowest BCUT2D eigenvalue weighted by Gasteiger charge is -2.20. The Hall–Kier alpha value is -1.96.